The lowest BCUT2D eigenvalue weighted by Gasteiger charge is -2.30. The van der Waals surface area contributed by atoms with Crippen LogP contribution in [0, 0.1) is 5.92 Å². The average molecular weight is 905 g/mol. The quantitative estimate of drug-likeness (QED) is 0.0546. The Labute approximate surface area is 388 Å². The number of likely N-dealkylation sites (N-methyl/N-ethyl adjacent to an activating group) is 2. The Morgan fingerprint density at radius 3 is 1.88 bits per heavy atom. The minimum absolute atomic E-state index is 0.0958. The van der Waals surface area contributed by atoms with Gasteiger partial charge in [0.2, 0.25) is 23.6 Å². The van der Waals surface area contributed by atoms with E-state index >= 15 is 0 Å². The van der Waals surface area contributed by atoms with Crippen molar-refractivity contribution in [3.8, 4) is 22.6 Å². The van der Waals surface area contributed by atoms with E-state index in [4.69, 9.17) is 0 Å². The van der Waals surface area contributed by atoms with E-state index in [1.54, 1.807) is 18.2 Å². The van der Waals surface area contributed by atoms with Crippen LogP contribution in [0.2, 0.25) is 0 Å². The van der Waals surface area contributed by atoms with Gasteiger partial charge in [0.05, 0.1) is 12.6 Å². The summed E-state index contributed by atoms with van der Waals surface area (Å²) >= 11 is 0. The Morgan fingerprint density at radius 1 is 0.723 bits per heavy atom. The van der Waals surface area contributed by atoms with Gasteiger partial charge < -0.3 is 35.8 Å². The first-order valence-corrected chi connectivity index (χ1v) is 24.6. The third-order valence-corrected chi connectivity index (χ3v) is 12.9. The van der Waals surface area contributed by atoms with Crippen LogP contribution in [0.3, 0.4) is 0 Å². The fourth-order valence-corrected chi connectivity index (χ4v) is 8.76. The lowest BCUT2D eigenvalue weighted by Crippen LogP contribution is -2.53. The minimum Gasteiger partial charge on any atom is -0.507 e. The van der Waals surface area contributed by atoms with Crippen molar-refractivity contribution in [1.82, 2.24) is 20.4 Å². The summed E-state index contributed by atoms with van der Waals surface area (Å²) in [6.45, 7) is 7.01. The number of phenols is 2. The van der Waals surface area contributed by atoms with Gasteiger partial charge in [-0.1, -0.05) is 122 Å². The van der Waals surface area contributed by atoms with Crippen molar-refractivity contribution < 1.29 is 44.1 Å². The first-order chi connectivity index (χ1) is 31.1. The van der Waals surface area contributed by atoms with Crippen LogP contribution in [0.1, 0.15) is 180 Å². The molecule has 13 nitrogen and oxygen atoms in total. The van der Waals surface area contributed by atoms with Gasteiger partial charge in [0.1, 0.15) is 23.6 Å². The summed E-state index contributed by atoms with van der Waals surface area (Å²) in [4.78, 5) is 84.1. The maximum absolute atomic E-state index is 14.4. The van der Waals surface area contributed by atoms with E-state index in [0.717, 1.165) is 44.1 Å². The molecule has 2 aromatic carbocycles. The Hall–Kier alpha value is -4.78. The van der Waals surface area contributed by atoms with Gasteiger partial charge in [0.25, 0.3) is 0 Å². The van der Waals surface area contributed by atoms with Gasteiger partial charge in [-0.3, -0.25) is 28.8 Å². The molecule has 0 aliphatic carbocycles. The number of nitrogens with one attached hydrogen (secondary N) is 2. The van der Waals surface area contributed by atoms with Gasteiger partial charge in [-0.05, 0) is 68.5 Å². The number of rotatable bonds is 27. The summed E-state index contributed by atoms with van der Waals surface area (Å²) in [6, 6.07) is 5.81. The summed E-state index contributed by atoms with van der Waals surface area (Å²) < 4.78 is 0. The van der Waals surface area contributed by atoms with E-state index in [-0.39, 0.29) is 60.6 Å². The summed E-state index contributed by atoms with van der Waals surface area (Å²) in [7, 11) is 2.93. The molecule has 1 aliphatic rings. The molecule has 4 amide bonds. The van der Waals surface area contributed by atoms with Gasteiger partial charge in [0.15, 0.2) is 11.6 Å². The third-order valence-electron chi connectivity index (χ3n) is 12.9. The van der Waals surface area contributed by atoms with E-state index in [1.165, 1.54) is 107 Å². The number of unbranched alkanes of at least 4 members (excludes halogenated alkanes) is 14. The van der Waals surface area contributed by atoms with Crippen LogP contribution >= 0.6 is 0 Å². The fraction of sp³-hybridized carbons (Fsp3) is 0.654. The number of phenolic OH excluding ortho intramolecular Hbond substituents is 2. The van der Waals surface area contributed by atoms with E-state index < -0.39 is 54.0 Å². The Kier molecular flexibility index (Phi) is 24.3. The van der Waals surface area contributed by atoms with Crippen molar-refractivity contribution in [2.45, 2.75) is 193 Å². The number of aromatic hydroxyl groups is 2. The first-order valence-electron chi connectivity index (χ1n) is 24.6. The predicted molar refractivity (Wildman–Crippen MR) is 255 cm³/mol. The molecule has 3 rings (SSSR count). The number of ketones is 2. The van der Waals surface area contributed by atoms with E-state index in [0.29, 0.717) is 30.4 Å². The molecule has 5 atom stereocenters. The van der Waals surface area contributed by atoms with Crippen molar-refractivity contribution in [3.05, 3.63) is 47.5 Å². The zero-order valence-corrected chi connectivity index (χ0v) is 40.3. The molecule has 0 spiro atoms. The van der Waals surface area contributed by atoms with E-state index in [2.05, 4.69) is 24.5 Å². The first kappa shape index (κ1) is 54.6. The Bertz CT molecular complexity index is 1850. The summed E-state index contributed by atoms with van der Waals surface area (Å²) in [6.07, 6.45) is 18.4. The summed E-state index contributed by atoms with van der Waals surface area (Å²) in [5.41, 5.74) is 1.76. The number of nitrogens with zero attached hydrogens (tertiary/aromatic N) is 2. The molecule has 0 unspecified atom stereocenters. The SMILES string of the molecule is CCCCCCCCCCCCCCCC(=O)N(C)[C@H](CO)C(=O)N[C@H](C)C(=O)CCC(=O)N(C)[C@@H]1C(=O)C[C@@H](CCCCC)C(=O)N[C@H](C)Cc2ccc(O)c(c2)-c2cc1ccc2O. The van der Waals surface area contributed by atoms with Crippen LogP contribution in [0.25, 0.3) is 11.1 Å². The molecule has 2 aromatic rings. The van der Waals surface area contributed by atoms with Crippen molar-refractivity contribution in [2.24, 2.45) is 5.92 Å². The van der Waals surface area contributed by atoms with Crippen LogP contribution in [0.5, 0.6) is 11.5 Å². The Morgan fingerprint density at radius 2 is 1.28 bits per heavy atom. The molecule has 5 N–H and O–H groups in total. The topological polar surface area (TPSA) is 194 Å². The number of carbonyl (C=O) groups excluding carboxylic acids is 6. The number of fused-ring (bicyclic) bond motifs is 5. The number of amides is 4. The molecular formula is C52H80N4O9. The summed E-state index contributed by atoms with van der Waals surface area (Å²) in [5, 5.41) is 37.7. The predicted octanol–water partition coefficient (Wildman–Crippen LogP) is 8.64. The highest BCUT2D eigenvalue weighted by Crippen LogP contribution is 2.39. The highest BCUT2D eigenvalue weighted by molar-refractivity contribution is 5.96. The molecule has 1 aliphatic heterocycles. The number of carbonyl (C=O) groups is 6. The van der Waals surface area contributed by atoms with Crippen LogP contribution in [-0.4, -0.2) is 99.1 Å². The second kappa shape index (κ2) is 29.0. The van der Waals surface area contributed by atoms with Crippen molar-refractivity contribution in [1.29, 1.82) is 0 Å². The number of aliphatic hydroxyl groups is 1. The van der Waals surface area contributed by atoms with Crippen LogP contribution in [-0.2, 0) is 35.2 Å². The zero-order valence-electron chi connectivity index (χ0n) is 40.3. The van der Waals surface area contributed by atoms with Gasteiger partial charge in [-0.25, -0.2) is 0 Å². The van der Waals surface area contributed by atoms with Crippen molar-refractivity contribution >= 4 is 35.2 Å². The van der Waals surface area contributed by atoms with E-state index in [1.807, 2.05) is 6.92 Å². The van der Waals surface area contributed by atoms with Crippen molar-refractivity contribution in [3.63, 3.8) is 0 Å². The number of benzene rings is 2. The lowest BCUT2D eigenvalue weighted by atomic mass is 9.87. The zero-order chi connectivity index (χ0) is 47.9. The number of Topliss-reactive ketones (excluding diaryl/α,β-unsaturated/α-hetero) is 2. The minimum atomic E-state index is -1.20. The largest absolute Gasteiger partial charge is 0.507 e. The molecule has 4 bridgehead atoms. The standard InChI is InChI=1S/C52H80N4O9/c1-7-9-11-12-13-14-15-16-17-18-19-20-22-24-48(62)55(5)43(35-57)52(65)54-37(4)44(58)29-30-49(63)56(6)50-39-26-28-46(60)42(33-39)41-32-38(25-27-45(41)59)31-36(3)53-51(64)40(34-47(50)61)23-21-10-8-2/h25-28,32-33,36-37,40,43,50,57,59-60H,7-24,29-31,34-35H2,1-6H3,(H,53,64)(H,54,65)/t36-,37-,40-,43-,50+/m1/s1. The van der Waals surface area contributed by atoms with E-state index in [9.17, 15) is 44.1 Å². The Balaban J connectivity index is 1.63. The van der Waals surface area contributed by atoms with Crippen LogP contribution in [0.4, 0.5) is 0 Å². The maximum atomic E-state index is 14.4. The number of aliphatic hydroxyl groups excluding tert-OH is 1. The fourth-order valence-electron chi connectivity index (χ4n) is 8.76. The van der Waals surface area contributed by atoms with Gasteiger partial charge >= 0.3 is 0 Å². The molecule has 13 heteroatoms. The average Bonchev–Trinajstić information content (AvgIpc) is 3.27. The van der Waals surface area contributed by atoms with Crippen LogP contribution < -0.4 is 10.6 Å². The molecule has 0 fully saturated rings. The third kappa shape index (κ3) is 17.9. The number of hydrogen-bond acceptors (Lipinski definition) is 9. The second-order valence-corrected chi connectivity index (χ2v) is 18.4. The molecular weight excluding hydrogens is 825 g/mol. The summed E-state index contributed by atoms with van der Waals surface area (Å²) in [5.74, 6) is -3.49. The smallest absolute Gasteiger partial charge is 0.245 e. The van der Waals surface area contributed by atoms with Gasteiger partial charge in [-0.2, -0.15) is 0 Å². The van der Waals surface area contributed by atoms with Crippen LogP contribution in [0.15, 0.2) is 36.4 Å². The highest BCUT2D eigenvalue weighted by atomic mass is 16.3. The highest BCUT2D eigenvalue weighted by Gasteiger charge is 2.34. The molecule has 362 valence electrons. The van der Waals surface area contributed by atoms with Gasteiger partial charge in [0, 0.05) is 62.9 Å². The molecule has 0 radical (unpaired) electrons. The molecule has 65 heavy (non-hydrogen) atoms. The molecule has 1 heterocycles. The maximum Gasteiger partial charge on any atom is 0.245 e. The normalized spacial score (nSPS) is 17.4. The molecule has 0 saturated carbocycles. The number of hydrogen-bond donors (Lipinski definition) is 5. The second-order valence-electron chi connectivity index (χ2n) is 18.4. The molecule has 0 saturated heterocycles. The lowest BCUT2D eigenvalue weighted by molar-refractivity contribution is -0.142. The van der Waals surface area contributed by atoms with Crippen molar-refractivity contribution in [2.75, 3.05) is 20.7 Å². The van der Waals surface area contributed by atoms with Gasteiger partial charge in [-0.15, -0.1) is 0 Å². The molecule has 0 aromatic heterocycles. The monoisotopic (exact) mass is 905 g/mol.